The molecule has 2 heterocycles. The van der Waals surface area contributed by atoms with Gasteiger partial charge in [-0.15, -0.1) is 22.7 Å². The third-order valence-corrected chi connectivity index (χ3v) is 6.04. The van der Waals surface area contributed by atoms with Gasteiger partial charge >= 0.3 is 0 Å². The van der Waals surface area contributed by atoms with Crippen LogP contribution in [-0.2, 0) is 18.4 Å². The molecular weight excluding hydrogens is 352 g/mol. The predicted molar refractivity (Wildman–Crippen MR) is 108 cm³/mol. The van der Waals surface area contributed by atoms with Gasteiger partial charge in [-0.1, -0.05) is 13.0 Å². The van der Waals surface area contributed by atoms with E-state index in [4.69, 9.17) is 0 Å². The van der Waals surface area contributed by atoms with E-state index in [1.807, 2.05) is 24.4 Å². The summed E-state index contributed by atoms with van der Waals surface area (Å²) in [7, 11) is 0. The number of thiazole rings is 1. The van der Waals surface area contributed by atoms with Crippen molar-refractivity contribution >= 4 is 28.6 Å². The number of thiophene rings is 1. The zero-order valence-electron chi connectivity index (χ0n) is 15.4. The van der Waals surface area contributed by atoms with Crippen molar-refractivity contribution in [2.24, 2.45) is 4.99 Å². The highest BCUT2D eigenvalue weighted by Crippen LogP contribution is 2.25. The molecule has 0 saturated heterocycles. The van der Waals surface area contributed by atoms with Gasteiger partial charge < -0.3 is 15.7 Å². The first-order valence-corrected chi connectivity index (χ1v) is 10.4. The quantitative estimate of drug-likeness (QED) is 0.486. The summed E-state index contributed by atoms with van der Waals surface area (Å²) in [5, 5.41) is 20.3. The number of hydrogen-bond donors (Lipinski definition) is 3. The van der Waals surface area contributed by atoms with Crippen molar-refractivity contribution < 1.29 is 5.11 Å². The van der Waals surface area contributed by atoms with Gasteiger partial charge in [-0.3, -0.25) is 0 Å². The number of nitrogens with one attached hydrogen (secondary N) is 2. The third-order valence-electron chi connectivity index (χ3n) is 3.84. The SMILES string of the molecule is CCNC(=NCC(C)(O)c1cccs1)NCCc1nc(CC)c(C)s1. The van der Waals surface area contributed by atoms with Gasteiger partial charge in [0.15, 0.2) is 5.96 Å². The Balaban J connectivity index is 1.91. The summed E-state index contributed by atoms with van der Waals surface area (Å²) < 4.78 is 0. The molecule has 2 aromatic rings. The lowest BCUT2D eigenvalue weighted by Crippen LogP contribution is -2.39. The molecule has 1 atom stereocenters. The first-order chi connectivity index (χ1) is 12.0. The minimum absolute atomic E-state index is 0.319. The lowest BCUT2D eigenvalue weighted by molar-refractivity contribution is 0.0711. The van der Waals surface area contributed by atoms with E-state index in [-0.39, 0.29) is 0 Å². The van der Waals surface area contributed by atoms with E-state index >= 15 is 0 Å². The van der Waals surface area contributed by atoms with Crippen molar-refractivity contribution in [1.29, 1.82) is 0 Å². The normalized spacial score (nSPS) is 14.4. The fraction of sp³-hybridized carbons (Fsp3) is 0.556. The smallest absolute Gasteiger partial charge is 0.191 e. The molecule has 25 heavy (non-hydrogen) atoms. The van der Waals surface area contributed by atoms with Crippen LogP contribution < -0.4 is 10.6 Å². The van der Waals surface area contributed by atoms with E-state index < -0.39 is 5.60 Å². The first kappa shape index (κ1) is 19.9. The van der Waals surface area contributed by atoms with E-state index in [9.17, 15) is 5.11 Å². The number of guanidine groups is 1. The number of nitrogens with zero attached hydrogens (tertiary/aromatic N) is 2. The highest BCUT2D eigenvalue weighted by atomic mass is 32.1. The highest BCUT2D eigenvalue weighted by molar-refractivity contribution is 7.11. The molecule has 0 spiro atoms. The molecule has 1 unspecified atom stereocenters. The van der Waals surface area contributed by atoms with Crippen LogP contribution in [0.2, 0.25) is 0 Å². The number of aliphatic imine (C=N–C) groups is 1. The maximum Gasteiger partial charge on any atom is 0.191 e. The van der Waals surface area contributed by atoms with Gasteiger partial charge in [-0.05, 0) is 38.6 Å². The summed E-state index contributed by atoms with van der Waals surface area (Å²) in [6.45, 7) is 9.97. The molecule has 0 radical (unpaired) electrons. The lowest BCUT2D eigenvalue weighted by atomic mass is 10.1. The fourth-order valence-corrected chi connectivity index (χ4v) is 4.25. The molecule has 0 aliphatic rings. The van der Waals surface area contributed by atoms with Crippen molar-refractivity contribution in [3.8, 4) is 0 Å². The Morgan fingerprint density at radius 3 is 2.76 bits per heavy atom. The van der Waals surface area contributed by atoms with Gasteiger partial charge in [0.05, 0.1) is 17.2 Å². The van der Waals surface area contributed by atoms with Crippen LogP contribution in [0.1, 0.15) is 41.2 Å². The Morgan fingerprint density at radius 1 is 1.36 bits per heavy atom. The van der Waals surface area contributed by atoms with E-state index in [1.54, 1.807) is 29.6 Å². The van der Waals surface area contributed by atoms with Crippen LogP contribution in [0.25, 0.3) is 0 Å². The van der Waals surface area contributed by atoms with Crippen LogP contribution in [0.4, 0.5) is 0 Å². The second-order valence-corrected chi connectivity index (χ2v) is 8.32. The molecule has 138 valence electrons. The molecule has 3 N–H and O–H groups in total. The maximum atomic E-state index is 10.6. The van der Waals surface area contributed by atoms with Crippen molar-refractivity contribution in [3.05, 3.63) is 38.0 Å². The minimum atomic E-state index is -0.945. The molecule has 2 rings (SSSR count). The average Bonchev–Trinajstić information content (AvgIpc) is 3.22. The van der Waals surface area contributed by atoms with E-state index in [1.165, 1.54) is 10.6 Å². The predicted octanol–water partition coefficient (Wildman–Crippen LogP) is 3.08. The molecule has 2 aromatic heterocycles. The second-order valence-electron chi connectivity index (χ2n) is 6.09. The van der Waals surface area contributed by atoms with Crippen LogP contribution in [-0.4, -0.2) is 35.7 Å². The molecule has 0 saturated carbocycles. The third kappa shape index (κ3) is 5.80. The standard InChI is InChI=1S/C18H28N4OS2/c1-5-14-13(3)25-16(22-14)9-10-20-17(19-6-2)21-12-18(4,23)15-8-7-11-24-15/h7-8,11,23H,5-6,9-10,12H2,1-4H3,(H2,19,20,21). The van der Waals surface area contributed by atoms with Gasteiger partial charge in [-0.2, -0.15) is 0 Å². The zero-order valence-corrected chi connectivity index (χ0v) is 17.1. The topological polar surface area (TPSA) is 69.5 Å². The van der Waals surface area contributed by atoms with Crippen LogP contribution in [0.5, 0.6) is 0 Å². The minimum Gasteiger partial charge on any atom is -0.383 e. The van der Waals surface area contributed by atoms with Crippen LogP contribution in [0.3, 0.4) is 0 Å². The molecular formula is C18H28N4OS2. The summed E-state index contributed by atoms with van der Waals surface area (Å²) in [6.07, 6.45) is 1.86. The summed E-state index contributed by atoms with van der Waals surface area (Å²) in [6, 6.07) is 3.89. The number of aliphatic hydroxyl groups is 1. The van der Waals surface area contributed by atoms with Crippen LogP contribution >= 0.6 is 22.7 Å². The van der Waals surface area contributed by atoms with E-state index in [2.05, 4.69) is 34.5 Å². The Hall–Kier alpha value is -1.44. The summed E-state index contributed by atoms with van der Waals surface area (Å²) in [4.78, 5) is 11.5. The van der Waals surface area contributed by atoms with Gasteiger partial charge in [-0.25, -0.2) is 9.98 Å². The molecule has 0 amide bonds. The summed E-state index contributed by atoms with van der Waals surface area (Å²) in [5.41, 5.74) is 0.256. The van der Waals surface area contributed by atoms with Crippen molar-refractivity contribution in [3.63, 3.8) is 0 Å². The first-order valence-electron chi connectivity index (χ1n) is 8.70. The monoisotopic (exact) mass is 380 g/mol. The summed E-state index contributed by atoms with van der Waals surface area (Å²) >= 11 is 3.32. The number of aromatic nitrogens is 1. The fourth-order valence-electron chi connectivity index (χ4n) is 2.45. The molecule has 0 aliphatic heterocycles. The molecule has 7 heteroatoms. The van der Waals surface area contributed by atoms with E-state index in [0.717, 1.165) is 41.8 Å². The summed E-state index contributed by atoms with van der Waals surface area (Å²) in [5.74, 6) is 0.725. The second kappa shape index (κ2) is 9.31. The number of rotatable bonds is 8. The average molecular weight is 381 g/mol. The Labute approximate surface area is 158 Å². The molecule has 0 fully saturated rings. The lowest BCUT2D eigenvalue weighted by Gasteiger charge is -2.20. The Bertz CT molecular complexity index is 677. The van der Waals surface area contributed by atoms with Crippen LogP contribution in [0, 0.1) is 6.92 Å². The Kier molecular flexibility index (Phi) is 7.40. The largest absolute Gasteiger partial charge is 0.383 e. The van der Waals surface area contributed by atoms with E-state index in [0.29, 0.717) is 6.54 Å². The molecule has 0 aliphatic carbocycles. The number of aryl methyl sites for hydroxylation is 2. The van der Waals surface area contributed by atoms with Crippen LogP contribution in [0.15, 0.2) is 22.5 Å². The zero-order chi connectivity index (χ0) is 18.3. The maximum absolute atomic E-state index is 10.6. The van der Waals surface area contributed by atoms with Gasteiger partial charge in [0, 0.05) is 29.3 Å². The molecule has 5 nitrogen and oxygen atoms in total. The van der Waals surface area contributed by atoms with Gasteiger partial charge in [0.2, 0.25) is 0 Å². The molecule has 0 bridgehead atoms. The van der Waals surface area contributed by atoms with Crippen molar-refractivity contribution in [2.75, 3.05) is 19.6 Å². The Morgan fingerprint density at radius 2 is 2.16 bits per heavy atom. The van der Waals surface area contributed by atoms with Gasteiger partial charge in [0.25, 0.3) is 0 Å². The number of hydrogen-bond acceptors (Lipinski definition) is 5. The van der Waals surface area contributed by atoms with Crippen molar-refractivity contribution in [2.45, 2.75) is 46.1 Å². The highest BCUT2D eigenvalue weighted by Gasteiger charge is 2.23. The van der Waals surface area contributed by atoms with Crippen molar-refractivity contribution in [1.82, 2.24) is 15.6 Å². The molecule has 0 aromatic carbocycles. The van der Waals surface area contributed by atoms with Gasteiger partial charge in [0.1, 0.15) is 5.60 Å².